The van der Waals surface area contributed by atoms with Crippen LogP contribution < -0.4 is 0 Å². The van der Waals surface area contributed by atoms with Gasteiger partial charge >= 0.3 is 5.97 Å². The molecule has 1 aromatic heterocycles. The lowest BCUT2D eigenvalue weighted by molar-refractivity contribution is 0.0698. The van der Waals surface area contributed by atoms with Crippen LogP contribution in [-0.2, 0) is 0 Å². The molecule has 0 spiro atoms. The lowest BCUT2D eigenvalue weighted by Crippen LogP contribution is -1.97. The van der Waals surface area contributed by atoms with E-state index in [0.717, 1.165) is 14.5 Å². The summed E-state index contributed by atoms with van der Waals surface area (Å²) in [6, 6.07) is 5.53. The molecule has 0 fully saturated rings. The van der Waals surface area contributed by atoms with Crippen LogP contribution in [0.4, 0.5) is 0 Å². The van der Waals surface area contributed by atoms with Crippen molar-refractivity contribution in [2.75, 3.05) is 0 Å². The molecule has 2 N–H and O–H groups in total. The number of H-pyrrole nitrogens is 1. The van der Waals surface area contributed by atoms with Crippen molar-refractivity contribution in [1.82, 2.24) is 10.2 Å². The summed E-state index contributed by atoms with van der Waals surface area (Å²) in [4.78, 5) is 11.0. The smallest absolute Gasteiger partial charge is 0.339 e. The van der Waals surface area contributed by atoms with Crippen molar-refractivity contribution in [1.29, 1.82) is 0 Å². The molecule has 0 bridgehead atoms. The number of carboxylic acids is 1. The highest BCUT2D eigenvalue weighted by molar-refractivity contribution is 9.11. The number of rotatable bonds is 2. The number of benzene rings is 1. The second-order valence-corrected chi connectivity index (χ2v) is 4.86. The van der Waals surface area contributed by atoms with Crippen LogP contribution >= 0.6 is 31.9 Å². The summed E-state index contributed by atoms with van der Waals surface area (Å²) in [7, 11) is 0. The Morgan fingerprint density at radius 3 is 2.81 bits per heavy atom. The number of aromatic carboxylic acids is 1. The zero-order chi connectivity index (χ0) is 11.7. The number of nitrogens with one attached hydrogen (secondary N) is 1. The van der Waals surface area contributed by atoms with Gasteiger partial charge in [0, 0.05) is 14.5 Å². The average molecular weight is 346 g/mol. The third kappa shape index (κ3) is 2.03. The van der Waals surface area contributed by atoms with E-state index in [4.69, 9.17) is 5.11 Å². The molecular weight excluding hydrogens is 340 g/mol. The molecule has 82 valence electrons. The molecule has 0 radical (unpaired) electrons. The van der Waals surface area contributed by atoms with E-state index in [1.807, 2.05) is 18.2 Å². The van der Waals surface area contributed by atoms with Crippen molar-refractivity contribution in [2.45, 2.75) is 0 Å². The van der Waals surface area contributed by atoms with Gasteiger partial charge in [0.05, 0.1) is 11.9 Å². The van der Waals surface area contributed by atoms with E-state index in [9.17, 15) is 4.79 Å². The fourth-order valence-corrected chi connectivity index (χ4v) is 2.15. The van der Waals surface area contributed by atoms with Gasteiger partial charge < -0.3 is 5.11 Å². The van der Waals surface area contributed by atoms with Crippen molar-refractivity contribution < 1.29 is 9.90 Å². The molecule has 2 aromatic rings. The van der Waals surface area contributed by atoms with Crippen LogP contribution in [0, 0.1) is 0 Å². The normalized spacial score (nSPS) is 10.4. The van der Waals surface area contributed by atoms with Crippen LogP contribution in [0.15, 0.2) is 33.3 Å². The Morgan fingerprint density at radius 2 is 2.12 bits per heavy atom. The van der Waals surface area contributed by atoms with Crippen molar-refractivity contribution in [3.63, 3.8) is 0 Å². The molecule has 0 aliphatic heterocycles. The predicted octanol–water partition coefficient (Wildman–Crippen LogP) is 3.30. The van der Waals surface area contributed by atoms with Crippen molar-refractivity contribution >= 4 is 37.8 Å². The number of carbonyl (C=O) groups is 1. The third-order valence-corrected chi connectivity index (χ3v) is 3.25. The van der Waals surface area contributed by atoms with Gasteiger partial charge in [-0.3, -0.25) is 5.10 Å². The van der Waals surface area contributed by atoms with Gasteiger partial charge in [-0.25, -0.2) is 4.79 Å². The zero-order valence-electron chi connectivity index (χ0n) is 7.87. The largest absolute Gasteiger partial charge is 0.478 e. The Labute approximate surface area is 108 Å². The quantitative estimate of drug-likeness (QED) is 0.877. The molecule has 4 nitrogen and oxygen atoms in total. The van der Waals surface area contributed by atoms with E-state index in [-0.39, 0.29) is 5.56 Å². The Bertz CT molecular complexity index is 552. The molecule has 6 heteroatoms. The number of aromatic amines is 1. The summed E-state index contributed by atoms with van der Waals surface area (Å²) in [5, 5.41) is 15.4. The van der Waals surface area contributed by atoms with Gasteiger partial charge in [-0.15, -0.1) is 0 Å². The minimum absolute atomic E-state index is 0.152. The van der Waals surface area contributed by atoms with E-state index in [1.165, 1.54) is 6.20 Å². The fourth-order valence-electron chi connectivity index (χ4n) is 1.34. The maximum atomic E-state index is 11.0. The van der Waals surface area contributed by atoms with E-state index in [1.54, 1.807) is 0 Å². The topological polar surface area (TPSA) is 66.0 Å². The summed E-state index contributed by atoms with van der Waals surface area (Å²) >= 11 is 6.71. The molecule has 0 saturated carbocycles. The Balaban J connectivity index is 2.62. The van der Waals surface area contributed by atoms with Gasteiger partial charge in [-0.1, -0.05) is 31.9 Å². The molecule has 2 rings (SSSR count). The van der Waals surface area contributed by atoms with Crippen LogP contribution in [0.2, 0.25) is 0 Å². The van der Waals surface area contributed by atoms with Gasteiger partial charge in [-0.2, -0.15) is 5.10 Å². The second kappa shape index (κ2) is 4.39. The minimum Gasteiger partial charge on any atom is -0.478 e. The maximum Gasteiger partial charge on any atom is 0.339 e. The number of halogens is 2. The molecule has 0 unspecified atom stereocenters. The van der Waals surface area contributed by atoms with E-state index in [2.05, 4.69) is 42.1 Å². The molecule has 0 aliphatic carbocycles. The van der Waals surface area contributed by atoms with Crippen LogP contribution in [-0.4, -0.2) is 21.3 Å². The Hall–Kier alpha value is -1.14. The van der Waals surface area contributed by atoms with Crippen LogP contribution in [0.5, 0.6) is 0 Å². The SMILES string of the molecule is O=C(O)c1cn[nH]c1-c1cc(Br)ccc1Br. The summed E-state index contributed by atoms with van der Waals surface area (Å²) in [5.41, 5.74) is 1.39. The van der Waals surface area contributed by atoms with E-state index in [0.29, 0.717) is 5.69 Å². The van der Waals surface area contributed by atoms with E-state index >= 15 is 0 Å². The van der Waals surface area contributed by atoms with Gasteiger partial charge in [0.1, 0.15) is 5.56 Å². The summed E-state index contributed by atoms with van der Waals surface area (Å²) < 4.78 is 1.68. The molecule has 1 heterocycles. The van der Waals surface area contributed by atoms with Crippen molar-refractivity contribution in [2.24, 2.45) is 0 Å². The van der Waals surface area contributed by atoms with Gasteiger partial charge in [0.2, 0.25) is 0 Å². The highest BCUT2D eigenvalue weighted by Gasteiger charge is 2.16. The van der Waals surface area contributed by atoms with Crippen LogP contribution in [0.1, 0.15) is 10.4 Å². The summed E-state index contributed by atoms with van der Waals surface area (Å²) in [6.45, 7) is 0. The first-order valence-corrected chi connectivity index (χ1v) is 5.90. The first kappa shape index (κ1) is 11.3. The lowest BCUT2D eigenvalue weighted by Gasteiger charge is -2.03. The van der Waals surface area contributed by atoms with Gasteiger partial charge in [0.25, 0.3) is 0 Å². The highest BCUT2D eigenvalue weighted by Crippen LogP contribution is 2.31. The molecule has 1 aromatic carbocycles. The Kier molecular flexibility index (Phi) is 3.11. The van der Waals surface area contributed by atoms with E-state index < -0.39 is 5.97 Å². The fraction of sp³-hybridized carbons (Fsp3) is 0. The van der Waals surface area contributed by atoms with Crippen LogP contribution in [0.25, 0.3) is 11.3 Å². The second-order valence-electron chi connectivity index (χ2n) is 3.09. The van der Waals surface area contributed by atoms with Gasteiger partial charge in [0.15, 0.2) is 0 Å². The first-order valence-electron chi connectivity index (χ1n) is 4.31. The zero-order valence-corrected chi connectivity index (χ0v) is 11.0. The number of carboxylic acid groups (broad SMARTS) is 1. The molecule has 0 saturated heterocycles. The Morgan fingerprint density at radius 1 is 1.38 bits per heavy atom. The monoisotopic (exact) mass is 344 g/mol. The first-order chi connectivity index (χ1) is 7.59. The van der Waals surface area contributed by atoms with Crippen LogP contribution in [0.3, 0.4) is 0 Å². The maximum absolute atomic E-state index is 11.0. The average Bonchev–Trinajstić information content (AvgIpc) is 2.70. The summed E-state index contributed by atoms with van der Waals surface area (Å²) in [5.74, 6) is -1.00. The third-order valence-electron chi connectivity index (χ3n) is 2.07. The number of aromatic nitrogens is 2. The van der Waals surface area contributed by atoms with Crippen molar-refractivity contribution in [3.8, 4) is 11.3 Å². The molecule has 0 aliphatic rings. The highest BCUT2D eigenvalue weighted by atomic mass is 79.9. The molecule has 16 heavy (non-hydrogen) atoms. The molecule has 0 atom stereocenters. The predicted molar refractivity (Wildman–Crippen MR) is 66.4 cm³/mol. The number of hydrogen-bond acceptors (Lipinski definition) is 2. The molecular formula is C10H6Br2N2O2. The number of nitrogens with zero attached hydrogens (tertiary/aromatic N) is 1. The van der Waals surface area contributed by atoms with Crippen molar-refractivity contribution in [3.05, 3.63) is 38.9 Å². The lowest BCUT2D eigenvalue weighted by atomic mass is 10.1. The summed E-state index contributed by atoms with van der Waals surface area (Å²) in [6.07, 6.45) is 1.30. The standard InChI is InChI=1S/C10H6Br2N2O2/c11-5-1-2-8(12)6(3-5)9-7(10(15)16)4-13-14-9/h1-4H,(H,13,14)(H,15,16). The molecule has 0 amide bonds. The number of hydrogen-bond donors (Lipinski definition) is 2. The van der Waals surface area contributed by atoms with Gasteiger partial charge in [-0.05, 0) is 18.2 Å². The minimum atomic E-state index is -1.00.